The Morgan fingerprint density at radius 3 is 2.56 bits per heavy atom. The molecule has 0 saturated carbocycles. The van der Waals surface area contributed by atoms with Crippen LogP contribution in [0.2, 0.25) is 0 Å². The minimum absolute atomic E-state index is 0.302. The van der Waals surface area contributed by atoms with Crippen molar-refractivity contribution in [1.82, 2.24) is 19.1 Å². The third-order valence-electron chi connectivity index (χ3n) is 3.24. The van der Waals surface area contributed by atoms with E-state index >= 15 is 0 Å². The van der Waals surface area contributed by atoms with Crippen LogP contribution in [0.3, 0.4) is 0 Å². The number of nitrogens with one attached hydrogen (secondary N) is 1. The van der Waals surface area contributed by atoms with Gasteiger partial charge in [-0.2, -0.15) is 4.98 Å². The van der Waals surface area contributed by atoms with Gasteiger partial charge in [0.25, 0.3) is 5.56 Å². The highest BCUT2D eigenvalue weighted by atomic mass is 16.3. The maximum absolute atomic E-state index is 11.9. The fraction of sp³-hybridized carbons (Fsp3) is 0.500. The van der Waals surface area contributed by atoms with Crippen LogP contribution < -0.4 is 16.1 Å². The number of H-pyrrole nitrogens is 1. The molecule has 3 heterocycles. The largest absolute Gasteiger partial charge is 0.389 e. The van der Waals surface area contributed by atoms with E-state index in [1.807, 2.05) is 4.90 Å². The zero-order chi connectivity index (χ0) is 13.0. The lowest BCUT2D eigenvalue weighted by Crippen LogP contribution is -2.51. The second-order valence-electron chi connectivity index (χ2n) is 4.52. The third kappa shape index (κ3) is 1.32. The van der Waals surface area contributed by atoms with Crippen molar-refractivity contribution in [2.75, 3.05) is 18.0 Å². The van der Waals surface area contributed by atoms with Crippen molar-refractivity contribution in [2.24, 2.45) is 14.1 Å². The van der Waals surface area contributed by atoms with E-state index in [0.717, 1.165) is 4.57 Å². The van der Waals surface area contributed by atoms with Crippen LogP contribution in [0.5, 0.6) is 0 Å². The van der Waals surface area contributed by atoms with E-state index in [1.54, 1.807) is 7.05 Å². The first-order valence-corrected chi connectivity index (χ1v) is 5.58. The van der Waals surface area contributed by atoms with E-state index in [4.69, 9.17) is 0 Å². The smallest absolute Gasteiger partial charge is 0.332 e. The van der Waals surface area contributed by atoms with Gasteiger partial charge in [0.1, 0.15) is 0 Å². The number of imidazole rings is 1. The Kier molecular flexibility index (Phi) is 2.11. The molecule has 0 bridgehead atoms. The molecule has 3 rings (SSSR count). The Bertz CT molecular complexity index is 734. The molecule has 1 saturated heterocycles. The van der Waals surface area contributed by atoms with Crippen molar-refractivity contribution < 1.29 is 5.11 Å². The van der Waals surface area contributed by atoms with E-state index in [1.165, 1.54) is 11.6 Å². The van der Waals surface area contributed by atoms with E-state index in [2.05, 4.69) is 9.97 Å². The molecule has 8 heteroatoms. The molecular formula is C10H13N5O3. The fourth-order valence-corrected chi connectivity index (χ4v) is 2.09. The number of hydrogen-bond acceptors (Lipinski definition) is 5. The van der Waals surface area contributed by atoms with Gasteiger partial charge in [-0.3, -0.25) is 13.9 Å². The summed E-state index contributed by atoms with van der Waals surface area (Å²) in [4.78, 5) is 32.6. The van der Waals surface area contributed by atoms with Gasteiger partial charge in [0.2, 0.25) is 5.95 Å². The van der Waals surface area contributed by atoms with Gasteiger partial charge >= 0.3 is 5.69 Å². The standard InChI is InChI=1S/C10H13N5O3/c1-13-7-6(8(17)14(2)10(13)18)11-9(12-7)15-3-5(16)4-15/h5,16H,3-4H2,1-2H3,(H,11,12). The molecule has 0 amide bonds. The molecule has 0 radical (unpaired) electrons. The lowest BCUT2D eigenvalue weighted by molar-refractivity contribution is 0.140. The van der Waals surface area contributed by atoms with Gasteiger partial charge in [-0.1, -0.05) is 0 Å². The Labute approximate surface area is 101 Å². The number of hydrogen-bond donors (Lipinski definition) is 2. The molecule has 96 valence electrons. The molecule has 2 aromatic rings. The summed E-state index contributed by atoms with van der Waals surface area (Å²) in [5, 5.41) is 9.25. The van der Waals surface area contributed by atoms with Crippen molar-refractivity contribution >= 4 is 17.1 Å². The predicted molar refractivity (Wildman–Crippen MR) is 64.8 cm³/mol. The van der Waals surface area contributed by atoms with Gasteiger partial charge in [-0.15, -0.1) is 0 Å². The Morgan fingerprint density at radius 1 is 1.28 bits per heavy atom. The number of aromatic nitrogens is 4. The van der Waals surface area contributed by atoms with Gasteiger partial charge in [-0.25, -0.2) is 4.79 Å². The molecule has 2 N–H and O–H groups in total. The lowest BCUT2D eigenvalue weighted by atomic mass is 10.2. The Morgan fingerprint density at radius 2 is 1.94 bits per heavy atom. The molecule has 1 aliphatic heterocycles. The lowest BCUT2D eigenvalue weighted by Gasteiger charge is -2.35. The van der Waals surface area contributed by atoms with Gasteiger partial charge in [0.05, 0.1) is 6.10 Å². The van der Waals surface area contributed by atoms with Crippen LogP contribution in [-0.4, -0.2) is 43.4 Å². The molecule has 2 aromatic heterocycles. The summed E-state index contributed by atoms with van der Waals surface area (Å²) >= 11 is 0. The molecule has 8 nitrogen and oxygen atoms in total. The van der Waals surface area contributed by atoms with E-state index in [9.17, 15) is 14.7 Å². The maximum atomic E-state index is 11.9. The topological polar surface area (TPSA) is 96.2 Å². The molecule has 0 atom stereocenters. The number of fused-ring (bicyclic) bond motifs is 1. The summed E-state index contributed by atoms with van der Waals surface area (Å²) in [6.07, 6.45) is -0.357. The van der Waals surface area contributed by atoms with Crippen LogP contribution in [0, 0.1) is 0 Å². The predicted octanol–water partition coefficient (Wildman–Crippen LogP) is -1.86. The van der Waals surface area contributed by atoms with Crippen LogP contribution in [0.15, 0.2) is 9.59 Å². The molecule has 1 fully saturated rings. The average Bonchev–Trinajstić information content (AvgIpc) is 2.74. The van der Waals surface area contributed by atoms with Crippen LogP contribution in [-0.2, 0) is 14.1 Å². The minimum Gasteiger partial charge on any atom is -0.389 e. The minimum atomic E-state index is -0.408. The summed E-state index contributed by atoms with van der Waals surface area (Å²) in [6.45, 7) is 0.960. The number of β-amino-alcohol motifs (C(OH)–C–C–N with tert-alkyl or cyclic N) is 1. The monoisotopic (exact) mass is 251 g/mol. The number of rotatable bonds is 1. The summed E-state index contributed by atoms with van der Waals surface area (Å²) in [5.41, 5.74) is -0.169. The third-order valence-corrected chi connectivity index (χ3v) is 3.24. The van der Waals surface area contributed by atoms with Crippen LogP contribution >= 0.6 is 0 Å². The van der Waals surface area contributed by atoms with Gasteiger partial charge in [0, 0.05) is 27.2 Å². The highest BCUT2D eigenvalue weighted by molar-refractivity contribution is 5.73. The first kappa shape index (κ1) is 11.0. The second-order valence-corrected chi connectivity index (χ2v) is 4.52. The van der Waals surface area contributed by atoms with E-state index in [0.29, 0.717) is 30.2 Å². The Balaban J connectivity index is 2.24. The summed E-state index contributed by atoms with van der Waals surface area (Å²) in [7, 11) is 3.00. The molecule has 0 aromatic carbocycles. The summed E-state index contributed by atoms with van der Waals surface area (Å²) in [6, 6.07) is 0. The first-order valence-electron chi connectivity index (χ1n) is 5.58. The van der Waals surface area contributed by atoms with Gasteiger partial charge in [0.15, 0.2) is 11.2 Å². The fourth-order valence-electron chi connectivity index (χ4n) is 2.09. The average molecular weight is 251 g/mol. The molecular weight excluding hydrogens is 238 g/mol. The normalized spacial score (nSPS) is 16.3. The molecule has 1 aliphatic rings. The second kappa shape index (κ2) is 3.45. The van der Waals surface area contributed by atoms with Crippen molar-refractivity contribution in [3.8, 4) is 0 Å². The summed E-state index contributed by atoms with van der Waals surface area (Å²) < 4.78 is 2.36. The van der Waals surface area contributed by atoms with E-state index < -0.39 is 11.2 Å². The first-order chi connectivity index (χ1) is 8.49. The number of anilines is 1. The highest BCUT2D eigenvalue weighted by Crippen LogP contribution is 2.18. The van der Waals surface area contributed by atoms with E-state index in [-0.39, 0.29) is 6.10 Å². The van der Waals surface area contributed by atoms with Crippen molar-refractivity contribution in [1.29, 1.82) is 0 Å². The van der Waals surface area contributed by atoms with Crippen LogP contribution in [0.4, 0.5) is 5.95 Å². The quantitative estimate of drug-likeness (QED) is 0.619. The molecule has 0 unspecified atom stereocenters. The van der Waals surface area contributed by atoms with Crippen molar-refractivity contribution in [2.45, 2.75) is 6.10 Å². The highest BCUT2D eigenvalue weighted by Gasteiger charge is 2.27. The van der Waals surface area contributed by atoms with Crippen LogP contribution in [0.1, 0.15) is 0 Å². The van der Waals surface area contributed by atoms with Gasteiger partial charge < -0.3 is 15.0 Å². The zero-order valence-corrected chi connectivity index (χ0v) is 10.0. The van der Waals surface area contributed by atoms with Gasteiger partial charge in [-0.05, 0) is 0 Å². The number of nitrogens with zero attached hydrogens (tertiary/aromatic N) is 4. The SMILES string of the molecule is Cn1c(=O)c2[nH]c(N3CC(O)C3)nc2n(C)c1=O. The number of aliphatic hydroxyl groups excluding tert-OH is 1. The van der Waals surface area contributed by atoms with Crippen LogP contribution in [0.25, 0.3) is 11.2 Å². The zero-order valence-electron chi connectivity index (χ0n) is 10.0. The Hall–Kier alpha value is -2.09. The number of aliphatic hydroxyl groups is 1. The molecule has 18 heavy (non-hydrogen) atoms. The van der Waals surface area contributed by atoms with Crippen molar-refractivity contribution in [3.63, 3.8) is 0 Å². The maximum Gasteiger partial charge on any atom is 0.332 e. The molecule has 0 spiro atoms. The summed E-state index contributed by atoms with van der Waals surface area (Å²) in [5.74, 6) is 0.508. The molecule has 0 aliphatic carbocycles. The number of aromatic amines is 1. The number of aryl methyl sites for hydroxylation is 1. The van der Waals surface area contributed by atoms with Crippen molar-refractivity contribution in [3.05, 3.63) is 20.8 Å².